The predicted molar refractivity (Wildman–Crippen MR) is 106 cm³/mol. The third kappa shape index (κ3) is 6.11. The number of nitrogens with one attached hydrogen (secondary N) is 1. The maximum atomic E-state index is 12.8. The van der Waals surface area contributed by atoms with Crippen molar-refractivity contribution in [1.29, 1.82) is 0 Å². The van der Waals surface area contributed by atoms with Gasteiger partial charge in [-0.2, -0.15) is 0 Å². The number of para-hydroxylation sites is 1. The van der Waals surface area contributed by atoms with Crippen molar-refractivity contribution in [2.24, 2.45) is 4.99 Å². The zero-order valence-corrected chi connectivity index (χ0v) is 16.3. The van der Waals surface area contributed by atoms with E-state index < -0.39 is 5.54 Å². The summed E-state index contributed by atoms with van der Waals surface area (Å²) in [5.41, 5.74) is 2.21. The fraction of sp³-hybridized carbons (Fsp3) is 0.571. The van der Waals surface area contributed by atoms with Gasteiger partial charge >= 0.3 is 0 Å². The first-order valence-corrected chi connectivity index (χ1v) is 9.31. The van der Waals surface area contributed by atoms with E-state index in [-0.39, 0.29) is 11.6 Å². The van der Waals surface area contributed by atoms with Crippen molar-refractivity contribution in [2.45, 2.75) is 72.3 Å². The summed E-state index contributed by atoms with van der Waals surface area (Å²) in [6.07, 6.45) is 3.69. The molecule has 25 heavy (non-hydrogen) atoms. The maximum Gasteiger partial charge on any atom is 0.173 e. The van der Waals surface area contributed by atoms with E-state index in [1.807, 2.05) is 39.0 Å². The van der Waals surface area contributed by atoms with E-state index in [0.717, 1.165) is 18.5 Å². The normalized spacial score (nSPS) is 14.0. The summed E-state index contributed by atoms with van der Waals surface area (Å²) in [4.78, 5) is 28.5. The Morgan fingerprint density at radius 1 is 1.16 bits per heavy atom. The van der Waals surface area contributed by atoms with Crippen LogP contribution in [0.5, 0.6) is 0 Å². The minimum Gasteiger partial charge on any atom is -0.373 e. The van der Waals surface area contributed by atoms with Crippen LogP contribution in [0.3, 0.4) is 0 Å². The number of aryl methyl sites for hydroxylation is 1. The Morgan fingerprint density at radius 2 is 1.84 bits per heavy atom. The lowest BCUT2D eigenvalue weighted by Crippen LogP contribution is -2.43. The highest BCUT2D eigenvalue weighted by molar-refractivity contribution is 6.38. The number of carbonyl (C=O) groups excluding carboxylic acids is 2. The van der Waals surface area contributed by atoms with E-state index in [9.17, 15) is 9.59 Å². The SMILES string of the molecule is CCCc1ccccc1NC(C)(CC)C(=O)CCN=C(CC)C(C)=O. The molecule has 0 heterocycles. The molecule has 138 valence electrons. The number of ketones is 2. The molecule has 0 fully saturated rings. The third-order valence-electron chi connectivity index (χ3n) is 4.65. The summed E-state index contributed by atoms with van der Waals surface area (Å²) in [6, 6.07) is 8.17. The van der Waals surface area contributed by atoms with Crippen LogP contribution in [0, 0.1) is 0 Å². The molecule has 0 aliphatic rings. The lowest BCUT2D eigenvalue weighted by Gasteiger charge is -2.30. The van der Waals surface area contributed by atoms with Gasteiger partial charge in [-0.25, -0.2) is 0 Å². The highest BCUT2D eigenvalue weighted by Crippen LogP contribution is 2.25. The largest absolute Gasteiger partial charge is 0.373 e. The Bertz CT molecular complexity index is 622. The number of carbonyl (C=O) groups is 2. The predicted octanol–water partition coefficient (Wildman–Crippen LogP) is 4.62. The highest BCUT2D eigenvalue weighted by atomic mass is 16.1. The summed E-state index contributed by atoms with van der Waals surface area (Å²) in [5, 5.41) is 3.47. The lowest BCUT2D eigenvalue weighted by atomic mass is 9.90. The number of Topliss-reactive ketones (excluding diaryl/α,β-unsaturated/α-hetero) is 2. The molecule has 4 heteroatoms. The Morgan fingerprint density at radius 3 is 2.40 bits per heavy atom. The number of nitrogens with zero attached hydrogens (tertiary/aromatic N) is 1. The molecule has 0 spiro atoms. The lowest BCUT2D eigenvalue weighted by molar-refractivity contribution is -0.122. The van der Waals surface area contributed by atoms with Crippen molar-refractivity contribution in [3.05, 3.63) is 29.8 Å². The number of anilines is 1. The van der Waals surface area contributed by atoms with Gasteiger partial charge in [0.25, 0.3) is 0 Å². The average Bonchev–Trinajstić information content (AvgIpc) is 2.60. The van der Waals surface area contributed by atoms with Gasteiger partial charge in [0.2, 0.25) is 0 Å². The molecule has 0 amide bonds. The molecule has 0 aromatic heterocycles. The fourth-order valence-electron chi connectivity index (χ4n) is 2.82. The van der Waals surface area contributed by atoms with Crippen LogP contribution in [0.2, 0.25) is 0 Å². The van der Waals surface area contributed by atoms with Crippen molar-refractivity contribution in [2.75, 3.05) is 11.9 Å². The number of hydrogen-bond acceptors (Lipinski definition) is 4. The molecule has 0 aliphatic heterocycles. The molecule has 1 aromatic carbocycles. The Balaban J connectivity index is 2.84. The third-order valence-corrected chi connectivity index (χ3v) is 4.65. The van der Waals surface area contributed by atoms with Crippen LogP contribution in [-0.4, -0.2) is 29.4 Å². The summed E-state index contributed by atoms with van der Waals surface area (Å²) in [6.45, 7) is 9.92. The van der Waals surface area contributed by atoms with Crippen molar-refractivity contribution in [3.63, 3.8) is 0 Å². The minimum atomic E-state index is -0.623. The Labute approximate surface area is 152 Å². The van der Waals surface area contributed by atoms with E-state index in [2.05, 4.69) is 23.3 Å². The molecule has 0 radical (unpaired) electrons. The van der Waals surface area contributed by atoms with Gasteiger partial charge in [-0.15, -0.1) is 0 Å². The van der Waals surface area contributed by atoms with Gasteiger partial charge in [0, 0.05) is 25.6 Å². The molecule has 0 saturated carbocycles. The van der Waals surface area contributed by atoms with Crippen LogP contribution in [0.15, 0.2) is 29.3 Å². The molecule has 1 aromatic rings. The van der Waals surface area contributed by atoms with Crippen molar-refractivity contribution >= 4 is 23.0 Å². The Kier molecular flexibility index (Phi) is 8.53. The molecule has 0 aliphatic carbocycles. The molecule has 1 N–H and O–H groups in total. The van der Waals surface area contributed by atoms with Gasteiger partial charge in [-0.3, -0.25) is 14.6 Å². The first kappa shape index (κ1) is 21.1. The molecular weight excluding hydrogens is 312 g/mol. The summed E-state index contributed by atoms with van der Waals surface area (Å²) in [5.74, 6) is 0.115. The van der Waals surface area contributed by atoms with Crippen LogP contribution in [0.4, 0.5) is 5.69 Å². The van der Waals surface area contributed by atoms with E-state index in [1.54, 1.807) is 0 Å². The van der Waals surface area contributed by atoms with Gasteiger partial charge in [-0.05, 0) is 37.8 Å². The second kappa shape index (κ2) is 10.1. The second-order valence-corrected chi connectivity index (χ2v) is 6.63. The van der Waals surface area contributed by atoms with Crippen molar-refractivity contribution < 1.29 is 9.59 Å². The standard InChI is InChI=1S/C21H32N2O2/c1-6-11-17-12-9-10-13-19(17)23-21(5,8-3)20(25)14-15-22-18(7-2)16(4)24/h9-10,12-13,23H,6-8,11,14-15H2,1-5H3. The van der Waals surface area contributed by atoms with E-state index in [0.29, 0.717) is 31.5 Å². The molecular formula is C21H32N2O2. The first-order valence-electron chi connectivity index (χ1n) is 9.31. The highest BCUT2D eigenvalue weighted by Gasteiger charge is 2.30. The zero-order valence-electron chi connectivity index (χ0n) is 16.3. The van der Waals surface area contributed by atoms with Crippen LogP contribution < -0.4 is 5.32 Å². The van der Waals surface area contributed by atoms with Gasteiger partial charge in [0.05, 0.1) is 11.3 Å². The molecule has 4 nitrogen and oxygen atoms in total. The van der Waals surface area contributed by atoms with Crippen molar-refractivity contribution in [1.82, 2.24) is 0 Å². The Hall–Kier alpha value is -1.97. The molecule has 0 bridgehead atoms. The molecule has 1 unspecified atom stereocenters. The summed E-state index contributed by atoms with van der Waals surface area (Å²) < 4.78 is 0. The molecule has 1 atom stereocenters. The topological polar surface area (TPSA) is 58.5 Å². The smallest absolute Gasteiger partial charge is 0.173 e. The number of hydrogen-bond donors (Lipinski definition) is 1. The fourth-order valence-corrected chi connectivity index (χ4v) is 2.82. The maximum absolute atomic E-state index is 12.8. The molecule has 0 saturated heterocycles. The van der Waals surface area contributed by atoms with Crippen LogP contribution >= 0.6 is 0 Å². The van der Waals surface area contributed by atoms with Gasteiger partial charge in [0.15, 0.2) is 11.6 Å². The number of rotatable bonds is 11. The number of aliphatic imine (C=N–C) groups is 1. The van der Waals surface area contributed by atoms with Crippen LogP contribution in [-0.2, 0) is 16.0 Å². The van der Waals surface area contributed by atoms with E-state index in [4.69, 9.17) is 0 Å². The second-order valence-electron chi connectivity index (χ2n) is 6.63. The monoisotopic (exact) mass is 344 g/mol. The van der Waals surface area contributed by atoms with Gasteiger partial charge in [0.1, 0.15) is 0 Å². The van der Waals surface area contributed by atoms with E-state index >= 15 is 0 Å². The quantitative estimate of drug-likeness (QED) is 0.596. The zero-order chi connectivity index (χ0) is 18.9. The summed E-state index contributed by atoms with van der Waals surface area (Å²) in [7, 11) is 0. The van der Waals surface area contributed by atoms with Crippen LogP contribution in [0.25, 0.3) is 0 Å². The molecule has 1 rings (SSSR count). The average molecular weight is 344 g/mol. The number of benzene rings is 1. The van der Waals surface area contributed by atoms with Gasteiger partial charge < -0.3 is 5.32 Å². The summed E-state index contributed by atoms with van der Waals surface area (Å²) >= 11 is 0. The van der Waals surface area contributed by atoms with E-state index in [1.165, 1.54) is 12.5 Å². The minimum absolute atomic E-state index is 0.0141. The van der Waals surface area contributed by atoms with Crippen LogP contribution in [0.1, 0.15) is 65.9 Å². The first-order chi connectivity index (χ1) is 11.9. The van der Waals surface area contributed by atoms with Gasteiger partial charge in [-0.1, -0.05) is 45.4 Å². The van der Waals surface area contributed by atoms with Crippen molar-refractivity contribution in [3.8, 4) is 0 Å².